The van der Waals surface area contributed by atoms with E-state index in [1.807, 2.05) is 0 Å². The highest BCUT2D eigenvalue weighted by Crippen LogP contribution is 2.16. The highest BCUT2D eigenvalue weighted by molar-refractivity contribution is 5.70. The molecule has 16 nitrogen and oxygen atoms in total. The summed E-state index contributed by atoms with van der Waals surface area (Å²) in [5.74, 6) is -5.14. The van der Waals surface area contributed by atoms with Crippen LogP contribution in [0.3, 0.4) is 0 Å². The normalized spacial score (nSPS) is 26.1. The Morgan fingerprint density at radius 2 is 0.611 bits per heavy atom. The van der Waals surface area contributed by atoms with Gasteiger partial charge in [-0.2, -0.15) is 0 Å². The number of aliphatic hydroxyl groups excluding tert-OH is 4. The Morgan fingerprint density at radius 3 is 0.722 bits per heavy atom. The van der Waals surface area contributed by atoms with E-state index in [2.05, 4.69) is 0 Å². The topological polar surface area (TPSA) is 243 Å². The molecule has 0 aromatic carbocycles. The van der Waals surface area contributed by atoms with E-state index in [0.29, 0.717) is 0 Å². The summed E-state index contributed by atoms with van der Waals surface area (Å²) in [6.07, 6.45) is 0. The highest BCUT2D eigenvalue weighted by atomic mass is 16.4. The number of nitrogens with zero attached hydrogens (tertiary/aromatic N) is 4. The summed E-state index contributed by atoms with van der Waals surface area (Å²) < 4.78 is 0. The van der Waals surface area contributed by atoms with E-state index in [0.717, 1.165) is 0 Å². The number of carboxylic acid groups (broad SMARTS) is 4. The maximum atomic E-state index is 11.5. The van der Waals surface area contributed by atoms with Crippen LogP contribution in [0.15, 0.2) is 0 Å². The molecule has 36 heavy (non-hydrogen) atoms. The maximum absolute atomic E-state index is 11.5. The van der Waals surface area contributed by atoms with Crippen molar-refractivity contribution >= 4 is 23.9 Å². The van der Waals surface area contributed by atoms with Crippen LogP contribution in [0.1, 0.15) is 0 Å². The number of aliphatic hydroxyl groups is 4. The zero-order chi connectivity index (χ0) is 27.4. The van der Waals surface area contributed by atoms with Crippen LogP contribution in [0, 0.1) is 0 Å². The smallest absolute Gasteiger partial charge is 0.317 e. The molecule has 0 bridgehead atoms. The van der Waals surface area contributed by atoms with Gasteiger partial charge in [-0.05, 0) is 0 Å². The van der Waals surface area contributed by atoms with Gasteiger partial charge in [-0.3, -0.25) is 38.8 Å². The summed E-state index contributed by atoms with van der Waals surface area (Å²) in [6, 6.07) is -3.96. The van der Waals surface area contributed by atoms with Crippen molar-refractivity contribution in [2.24, 2.45) is 0 Å². The molecule has 0 saturated carbocycles. The first kappa shape index (κ1) is 31.6. The molecule has 4 atom stereocenters. The first-order valence-electron chi connectivity index (χ1n) is 11.2. The Hall–Kier alpha value is -2.44. The first-order chi connectivity index (χ1) is 16.9. The minimum Gasteiger partial charge on any atom is -0.480 e. The largest absolute Gasteiger partial charge is 0.480 e. The Bertz CT molecular complexity index is 621. The predicted molar refractivity (Wildman–Crippen MR) is 120 cm³/mol. The molecular formula is C20H36N4O12. The maximum Gasteiger partial charge on any atom is 0.317 e. The van der Waals surface area contributed by atoms with E-state index in [-0.39, 0.29) is 26.2 Å². The second-order valence-corrected chi connectivity index (χ2v) is 8.64. The number of carboxylic acids is 4. The fourth-order valence-electron chi connectivity index (χ4n) is 4.30. The van der Waals surface area contributed by atoms with Crippen molar-refractivity contribution in [1.82, 2.24) is 19.6 Å². The van der Waals surface area contributed by atoms with Gasteiger partial charge in [0, 0.05) is 50.3 Å². The summed E-state index contributed by atoms with van der Waals surface area (Å²) in [6.45, 7) is -5.99. The molecule has 1 rings (SSSR count). The Kier molecular flexibility index (Phi) is 13.7. The number of hydrogen-bond donors (Lipinski definition) is 8. The fraction of sp³-hybridized carbons (Fsp3) is 0.800. The summed E-state index contributed by atoms with van der Waals surface area (Å²) in [4.78, 5) is 51.3. The first-order valence-corrected chi connectivity index (χ1v) is 11.2. The lowest BCUT2D eigenvalue weighted by Crippen LogP contribution is -2.62. The van der Waals surface area contributed by atoms with Crippen LogP contribution in [0.4, 0.5) is 0 Å². The van der Waals surface area contributed by atoms with Crippen LogP contribution in [0.2, 0.25) is 0 Å². The number of rotatable bonds is 12. The molecule has 16 heteroatoms. The van der Waals surface area contributed by atoms with Gasteiger partial charge >= 0.3 is 23.9 Å². The van der Waals surface area contributed by atoms with Gasteiger partial charge in [-0.15, -0.1) is 0 Å². The quantitative estimate of drug-likeness (QED) is 0.119. The van der Waals surface area contributed by atoms with Gasteiger partial charge in [-0.1, -0.05) is 0 Å². The third kappa shape index (κ3) is 10.3. The molecule has 1 aliphatic heterocycles. The average Bonchev–Trinajstić information content (AvgIpc) is 2.78. The van der Waals surface area contributed by atoms with Gasteiger partial charge in [0.05, 0.1) is 52.6 Å². The van der Waals surface area contributed by atoms with Gasteiger partial charge in [0.2, 0.25) is 0 Å². The van der Waals surface area contributed by atoms with Crippen molar-refractivity contribution in [2.75, 3.05) is 78.8 Å². The van der Waals surface area contributed by atoms with Crippen LogP contribution in [-0.4, -0.2) is 187 Å². The zero-order valence-electron chi connectivity index (χ0n) is 19.8. The lowest BCUT2D eigenvalue weighted by Gasteiger charge is -2.44. The second-order valence-electron chi connectivity index (χ2n) is 8.64. The van der Waals surface area contributed by atoms with E-state index in [9.17, 15) is 60.0 Å². The highest BCUT2D eigenvalue weighted by Gasteiger charge is 2.36. The van der Waals surface area contributed by atoms with Crippen molar-refractivity contribution in [3.63, 3.8) is 0 Å². The van der Waals surface area contributed by atoms with Crippen LogP contribution in [-0.2, 0) is 19.2 Å². The van der Waals surface area contributed by atoms with E-state index in [1.54, 1.807) is 0 Å². The summed E-state index contributed by atoms with van der Waals surface area (Å²) in [7, 11) is 0. The standard InChI is InChI=1S/C20H36N4O12/c25-9-13-1-21(5-17(29)30)14(10-26)2-23(7-19(33)34)16(12-28)4-24(8-20(35)36)15(11-27)3-22(13)6-18(31)32/h13-16,25-28H,1-12H2,(H,29,30)(H,31,32)(H,33,34)(H,35,36)/t13-,14-,15-,16+/m1/s1. The van der Waals surface area contributed by atoms with E-state index in [1.165, 1.54) is 19.6 Å². The Labute approximate surface area is 207 Å². The van der Waals surface area contributed by atoms with Crippen molar-refractivity contribution in [3.05, 3.63) is 0 Å². The molecule has 1 fully saturated rings. The molecule has 1 aliphatic rings. The van der Waals surface area contributed by atoms with E-state index in [4.69, 9.17) is 0 Å². The Morgan fingerprint density at radius 1 is 0.444 bits per heavy atom. The van der Waals surface area contributed by atoms with Crippen LogP contribution in [0.25, 0.3) is 0 Å². The third-order valence-electron chi connectivity index (χ3n) is 6.04. The third-order valence-corrected chi connectivity index (χ3v) is 6.04. The lowest BCUT2D eigenvalue weighted by atomic mass is 10.1. The molecule has 0 amide bonds. The molecule has 0 aromatic rings. The van der Waals surface area contributed by atoms with Gasteiger partial charge in [0.1, 0.15) is 0 Å². The summed E-state index contributed by atoms with van der Waals surface area (Å²) >= 11 is 0. The van der Waals surface area contributed by atoms with E-state index < -0.39 is 101 Å². The molecule has 0 spiro atoms. The lowest BCUT2D eigenvalue weighted by molar-refractivity contribution is -0.145. The van der Waals surface area contributed by atoms with E-state index >= 15 is 0 Å². The molecule has 0 aliphatic carbocycles. The average molecular weight is 525 g/mol. The molecule has 1 saturated heterocycles. The molecular weight excluding hydrogens is 488 g/mol. The van der Waals surface area contributed by atoms with Crippen molar-refractivity contribution in [2.45, 2.75) is 24.2 Å². The predicted octanol–water partition coefficient (Wildman–Crippen LogP) is -5.01. The van der Waals surface area contributed by atoms with Gasteiger partial charge < -0.3 is 40.9 Å². The molecule has 0 radical (unpaired) electrons. The monoisotopic (exact) mass is 524 g/mol. The van der Waals surface area contributed by atoms with Gasteiger partial charge in [0.15, 0.2) is 0 Å². The zero-order valence-corrected chi connectivity index (χ0v) is 19.8. The van der Waals surface area contributed by atoms with Crippen molar-refractivity contribution < 1.29 is 60.0 Å². The summed E-state index contributed by atoms with van der Waals surface area (Å²) in [5.41, 5.74) is 0. The molecule has 8 N–H and O–H groups in total. The fourth-order valence-corrected chi connectivity index (χ4v) is 4.30. The minimum atomic E-state index is -1.29. The Balaban J connectivity index is 3.62. The van der Waals surface area contributed by atoms with Crippen LogP contribution in [0.5, 0.6) is 0 Å². The molecule has 0 unspecified atom stereocenters. The van der Waals surface area contributed by atoms with Crippen molar-refractivity contribution in [1.29, 1.82) is 0 Å². The van der Waals surface area contributed by atoms with Crippen LogP contribution >= 0.6 is 0 Å². The number of hydrogen-bond acceptors (Lipinski definition) is 12. The van der Waals surface area contributed by atoms with Gasteiger partial charge in [0.25, 0.3) is 0 Å². The number of carbonyl (C=O) groups is 4. The summed E-state index contributed by atoms with van der Waals surface area (Å²) in [5, 5.41) is 77.8. The van der Waals surface area contributed by atoms with Crippen LogP contribution < -0.4 is 0 Å². The second kappa shape index (κ2) is 15.6. The molecule has 208 valence electrons. The number of aliphatic carboxylic acids is 4. The van der Waals surface area contributed by atoms with Crippen molar-refractivity contribution in [3.8, 4) is 0 Å². The molecule has 0 aromatic heterocycles. The van der Waals surface area contributed by atoms with Gasteiger partial charge in [-0.25, -0.2) is 0 Å². The minimum absolute atomic E-state index is 0.247. The SMILES string of the molecule is O=C(O)CN1C[C@H](CO)N(CC(=O)O)C[C@H](CO)N(CC(=O)O)C[C@H](CO)N(CC(=O)O)C[C@H]1CO. The molecule has 1 heterocycles.